The highest BCUT2D eigenvalue weighted by Gasteiger charge is 2.39. The van der Waals surface area contributed by atoms with Crippen LogP contribution in [-0.2, 0) is 9.53 Å². The number of ether oxygens (including phenoxy) is 2. The molecular formula is C19H19BrN2O4. The van der Waals surface area contributed by atoms with Gasteiger partial charge in [-0.15, -0.1) is 0 Å². The second-order valence-electron chi connectivity index (χ2n) is 5.81. The first-order valence-corrected chi connectivity index (χ1v) is 8.90. The van der Waals surface area contributed by atoms with Crippen LogP contribution in [0.2, 0.25) is 0 Å². The zero-order chi connectivity index (χ0) is 18.7. The first-order valence-electron chi connectivity index (χ1n) is 8.10. The highest BCUT2D eigenvalue weighted by atomic mass is 79.9. The van der Waals surface area contributed by atoms with Gasteiger partial charge in [-0.25, -0.2) is 9.59 Å². The molecule has 26 heavy (non-hydrogen) atoms. The van der Waals surface area contributed by atoms with Gasteiger partial charge >= 0.3 is 12.0 Å². The SMILES string of the molecule is COC(=O)C(c1cccc(OC)c1)N1CCN(c2ccc(Br)cc2)C1=O. The summed E-state index contributed by atoms with van der Waals surface area (Å²) >= 11 is 3.39. The first kappa shape index (κ1) is 18.3. The Morgan fingerprint density at radius 1 is 1.12 bits per heavy atom. The molecule has 1 heterocycles. The Morgan fingerprint density at radius 3 is 2.50 bits per heavy atom. The van der Waals surface area contributed by atoms with Crippen molar-refractivity contribution in [2.45, 2.75) is 6.04 Å². The number of carbonyl (C=O) groups excluding carboxylic acids is 2. The van der Waals surface area contributed by atoms with Gasteiger partial charge in [-0.3, -0.25) is 4.90 Å². The monoisotopic (exact) mass is 418 g/mol. The van der Waals surface area contributed by atoms with Crippen LogP contribution in [0.1, 0.15) is 11.6 Å². The topological polar surface area (TPSA) is 59.1 Å². The number of hydrogen-bond donors (Lipinski definition) is 0. The number of hydrogen-bond acceptors (Lipinski definition) is 4. The fourth-order valence-electron chi connectivity index (χ4n) is 3.02. The van der Waals surface area contributed by atoms with Gasteiger partial charge in [0.2, 0.25) is 0 Å². The van der Waals surface area contributed by atoms with Gasteiger partial charge in [0, 0.05) is 23.2 Å². The van der Waals surface area contributed by atoms with Crippen LogP contribution in [-0.4, -0.2) is 44.2 Å². The van der Waals surface area contributed by atoms with E-state index in [1.165, 1.54) is 12.0 Å². The molecule has 136 valence electrons. The molecule has 0 N–H and O–H groups in total. The Morgan fingerprint density at radius 2 is 1.85 bits per heavy atom. The summed E-state index contributed by atoms with van der Waals surface area (Å²) in [4.78, 5) is 28.6. The largest absolute Gasteiger partial charge is 0.497 e. The Kier molecular flexibility index (Phi) is 5.46. The summed E-state index contributed by atoms with van der Waals surface area (Å²) in [5, 5.41) is 0. The minimum absolute atomic E-state index is 0.231. The summed E-state index contributed by atoms with van der Waals surface area (Å²) in [7, 11) is 2.88. The van der Waals surface area contributed by atoms with Crippen molar-refractivity contribution in [1.29, 1.82) is 0 Å². The van der Waals surface area contributed by atoms with Crippen molar-refractivity contribution >= 4 is 33.6 Å². The van der Waals surface area contributed by atoms with E-state index in [1.807, 2.05) is 24.3 Å². The van der Waals surface area contributed by atoms with Gasteiger partial charge in [0.05, 0.1) is 14.2 Å². The molecule has 3 rings (SSSR count). The van der Waals surface area contributed by atoms with Crippen molar-refractivity contribution in [1.82, 2.24) is 4.90 Å². The number of halogens is 1. The number of amides is 2. The van der Waals surface area contributed by atoms with E-state index < -0.39 is 12.0 Å². The number of urea groups is 1. The van der Waals surface area contributed by atoms with Gasteiger partial charge in [-0.2, -0.15) is 0 Å². The van der Waals surface area contributed by atoms with Gasteiger partial charge in [0.15, 0.2) is 6.04 Å². The molecule has 0 aromatic heterocycles. The van der Waals surface area contributed by atoms with E-state index in [0.717, 1.165) is 10.2 Å². The first-order chi connectivity index (χ1) is 12.5. The molecule has 7 heteroatoms. The van der Waals surface area contributed by atoms with Gasteiger partial charge in [-0.05, 0) is 42.0 Å². The lowest BCUT2D eigenvalue weighted by Gasteiger charge is -2.26. The molecule has 1 aliphatic rings. The number of esters is 1. The third-order valence-corrected chi connectivity index (χ3v) is 4.85. The zero-order valence-electron chi connectivity index (χ0n) is 14.5. The van der Waals surface area contributed by atoms with Crippen LogP contribution in [0.5, 0.6) is 5.75 Å². The predicted octanol–water partition coefficient (Wildman–Crippen LogP) is 3.61. The molecule has 0 radical (unpaired) electrons. The lowest BCUT2D eigenvalue weighted by molar-refractivity contribution is -0.145. The third kappa shape index (κ3) is 3.53. The molecule has 0 saturated carbocycles. The molecule has 0 bridgehead atoms. The molecule has 2 amide bonds. The van der Waals surface area contributed by atoms with Crippen LogP contribution in [0, 0.1) is 0 Å². The number of methoxy groups -OCH3 is 2. The predicted molar refractivity (Wildman–Crippen MR) is 101 cm³/mol. The lowest BCUT2D eigenvalue weighted by Crippen LogP contribution is -2.38. The normalized spacial score (nSPS) is 15.1. The number of carbonyl (C=O) groups is 2. The van der Waals surface area contributed by atoms with Gasteiger partial charge in [0.1, 0.15) is 5.75 Å². The molecule has 1 unspecified atom stereocenters. The van der Waals surface area contributed by atoms with Crippen LogP contribution >= 0.6 is 15.9 Å². The maximum Gasteiger partial charge on any atom is 0.333 e. The second-order valence-corrected chi connectivity index (χ2v) is 6.72. The average Bonchev–Trinajstić information content (AvgIpc) is 3.04. The Labute approximate surface area is 160 Å². The quantitative estimate of drug-likeness (QED) is 0.695. The maximum atomic E-state index is 13.0. The molecule has 2 aromatic rings. The Bertz CT molecular complexity index is 809. The van der Waals surface area contributed by atoms with Gasteiger partial charge in [0.25, 0.3) is 0 Å². The smallest absolute Gasteiger partial charge is 0.333 e. The highest BCUT2D eigenvalue weighted by molar-refractivity contribution is 9.10. The molecule has 1 aliphatic heterocycles. The lowest BCUT2D eigenvalue weighted by atomic mass is 10.1. The van der Waals surface area contributed by atoms with Crippen LogP contribution in [0.25, 0.3) is 0 Å². The summed E-state index contributed by atoms with van der Waals surface area (Å²) in [6, 6.07) is 13.6. The van der Waals surface area contributed by atoms with Crippen LogP contribution in [0.15, 0.2) is 53.0 Å². The molecule has 1 saturated heterocycles. The summed E-state index contributed by atoms with van der Waals surface area (Å²) < 4.78 is 11.1. The van der Waals surface area contributed by atoms with Gasteiger partial charge < -0.3 is 14.4 Å². The summed E-state index contributed by atoms with van der Waals surface area (Å²) in [5.41, 5.74) is 1.44. The Hall–Kier alpha value is -2.54. The van der Waals surface area contributed by atoms with Crippen molar-refractivity contribution in [2.24, 2.45) is 0 Å². The molecule has 1 fully saturated rings. The molecular weight excluding hydrogens is 400 g/mol. The minimum atomic E-state index is -0.817. The Balaban J connectivity index is 1.91. The van der Waals surface area contributed by atoms with E-state index in [-0.39, 0.29) is 6.03 Å². The third-order valence-electron chi connectivity index (χ3n) is 4.33. The number of nitrogens with zero attached hydrogens (tertiary/aromatic N) is 2. The summed E-state index contributed by atoms with van der Waals surface area (Å²) in [5.74, 6) is 0.136. The fraction of sp³-hybridized carbons (Fsp3) is 0.263. The molecule has 0 spiro atoms. The number of rotatable bonds is 5. The van der Waals surface area contributed by atoms with E-state index in [0.29, 0.717) is 24.4 Å². The minimum Gasteiger partial charge on any atom is -0.497 e. The molecule has 1 atom stereocenters. The van der Waals surface area contributed by atoms with Crippen molar-refractivity contribution in [3.05, 3.63) is 58.6 Å². The van der Waals surface area contributed by atoms with Crippen molar-refractivity contribution in [3.63, 3.8) is 0 Å². The maximum absolute atomic E-state index is 13.0. The van der Waals surface area contributed by atoms with Crippen molar-refractivity contribution < 1.29 is 19.1 Å². The van der Waals surface area contributed by atoms with Crippen molar-refractivity contribution in [3.8, 4) is 5.75 Å². The molecule has 2 aromatic carbocycles. The van der Waals surface area contributed by atoms with E-state index in [9.17, 15) is 9.59 Å². The molecule has 0 aliphatic carbocycles. The van der Waals surface area contributed by atoms with Crippen molar-refractivity contribution in [2.75, 3.05) is 32.2 Å². The van der Waals surface area contributed by atoms with Crippen LogP contribution < -0.4 is 9.64 Å². The number of benzene rings is 2. The molecule has 6 nitrogen and oxygen atoms in total. The van der Waals surface area contributed by atoms with E-state index in [2.05, 4.69) is 15.9 Å². The van der Waals surface area contributed by atoms with Gasteiger partial charge in [-0.1, -0.05) is 28.1 Å². The van der Waals surface area contributed by atoms with E-state index in [1.54, 1.807) is 36.3 Å². The zero-order valence-corrected chi connectivity index (χ0v) is 16.1. The van der Waals surface area contributed by atoms with Crippen LogP contribution in [0.4, 0.5) is 10.5 Å². The average molecular weight is 419 g/mol. The summed E-state index contributed by atoms with van der Waals surface area (Å²) in [6.07, 6.45) is 0. The van der Waals surface area contributed by atoms with E-state index in [4.69, 9.17) is 9.47 Å². The number of anilines is 1. The van der Waals surface area contributed by atoms with Crippen LogP contribution in [0.3, 0.4) is 0 Å². The van der Waals surface area contributed by atoms with E-state index >= 15 is 0 Å². The summed E-state index contributed by atoms with van der Waals surface area (Å²) in [6.45, 7) is 0.920. The highest BCUT2D eigenvalue weighted by Crippen LogP contribution is 2.31. The second kappa shape index (κ2) is 7.78. The standard InChI is InChI=1S/C19H19BrN2O4/c1-25-16-5-3-4-13(12-16)17(18(23)26-2)22-11-10-21(19(22)24)15-8-6-14(20)7-9-15/h3-9,12,17H,10-11H2,1-2H3. The fourth-order valence-corrected chi connectivity index (χ4v) is 3.29.